The normalized spacial score (nSPS) is 22.9. The van der Waals surface area contributed by atoms with Crippen LogP contribution in [0.15, 0.2) is 4.99 Å². The van der Waals surface area contributed by atoms with Crippen molar-refractivity contribution in [3.05, 3.63) is 0 Å². The molecule has 1 unspecified atom stereocenters. The van der Waals surface area contributed by atoms with Crippen molar-refractivity contribution in [2.45, 2.75) is 45.6 Å². The Kier molecular flexibility index (Phi) is 12.2. The molecule has 0 aliphatic carbocycles. The van der Waals surface area contributed by atoms with Crippen LogP contribution < -0.4 is 10.6 Å². The van der Waals surface area contributed by atoms with E-state index in [1.165, 1.54) is 38.8 Å². The van der Waals surface area contributed by atoms with E-state index >= 15 is 0 Å². The molecule has 0 bridgehead atoms. The van der Waals surface area contributed by atoms with Gasteiger partial charge in [-0.25, -0.2) is 8.42 Å². The van der Waals surface area contributed by atoms with Crippen molar-refractivity contribution in [1.29, 1.82) is 0 Å². The van der Waals surface area contributed by atoms with Crippen molar-refractivity contribution in [3.63, 3.8) is 0 Å². The molecule has 2 saturated heterocycles. The van der Waals surface area contributed by atoms with E-state index in [-0.39, 0.29) is 35.5 Å². The lowest BCUT2D eigenvalue weighted by Gasteiger charge is -2.34. The summed E-state index contributed by atoms with van der Waals surface area (Å²) in [4.78, 5) is 9.20. The molecule has 1 atom stereocenters. The van der Waals surface area contributed by atoms with Crippen LogP contribution in [0, 0.1) is 5.92 Å². The Hall–Kier alpha value is -0.130. The summed E-state index contributed by atoms with van der Waals surface area (Å²) in [6.45, 7) is 10.8. The van der Waals surface area contributed by atoms with Crippen LogP contribution in [0.1, 0.15) is 39.5 Å². The fourth-order valence-electron chi connectivity index (χ4n) is 3.94. The van der Waals surface area contributed by atoms with Gasteiger partial charge in [0.15, 0.2) is 15.8 Å². The third kappa shape index (κ3) is 9.13. The van der Waals surface area contributed by atoms with Crippen LogP contribution in [0.25, 0.3) is 0 Å². The van der Waals surface area contributed by atoms with E-state index in [0.29, 0.717) is 25.0 Å². The minimum absolute atomic E-state index is 0. The molecule has 0 aromatic rings. The molecule has 2 fully saturated rings. The lowest BCUT2D eigenvalue weighted by atomic mass is 10.0. The van der Waals surface area contributed by atoms with Crippen LogP contribution >= 0.6 is 24.0 Å². The molecule has 7 nitrogen and oxygen atoms in total. The fourth-order valence-corrected chi connectivity index (χ4v) is 5.22. The van der Waals surface area contributed by atoms with Gasteiger partial charge in [-0.1, -0.05) is 26.7 Å². The van der Waals surface area contributed by atoms with Gasteiger partial charge in [0.05, 0.1) is 11.5 Å². The average molecular weight is 530 g/mol. The Morgan fingerprint density at radius 1 is 1.00 bits per heavy atom. The van der Waals surface area contributed by atoms with Crippen molar-refractivity contribution < 1.29 is 8.42 Å². The first kappa shape index (κ1) is 25.9. The van der Waals surface area contributed by atoms with Crippen LogP contribution in [-0.4, -0.2) is 94.6 Å². The SMILES string of the molecule is CN=C(NCCN1CCS(=O)(=O)CC1)NCC(C(C)C)N1CCCCCC1.I. The highest BCUT2D eigenvalue weighted by molar-refractivity contribution is 14.0. The van der Waals surface area contributed by atoms with E-state index in [1.54, 1.807) is 7.05 Å². The van der Waals surface area contributed by atoms with Crippen LogP contribution in [-0.2, 0) is 9.84 Å². The van der Waals surface area contributed by atoms with Crippen molar-refractivity contribution in [2.24, 2.45) is 10.9 Å². The maximum absolute atomic E-state index is 11.5. The van der Waals surface area contributed by atoms with Gasteiger partial charge in [0, 0.05) is 45.8 Å². The van der Waals surface area contributed by atoms with Crippen molar-refractivity contribution in [2.75, 3.05) is 64.4 Å². The molecule has 0 spiro atoms. The highest BCUT2D eigenvalue weighted by atomic mass is 127. The van der Waals surface area contributed by atoms with Crippen LogP contribution in [0.5, 0.6) is 0 Å². The first-order valence-electron chi connectivity index (χ1n) is 10.5. The maximum atomic E-state index is 11.5. The zero-order valence-electron chi connectivity index (χ0n) is 17.8. The predicted molar refractivity (Wildman–Crippen MR) is 129 cm³/mol. The number of nitrogens with zero attached hydrogens (tertiary/aromatic N) is 3. The largest absolute Gasteiger partial charge is 0.355 e. The Bertz CT molecular complexity index is 549. The maximum Gasteiger partial charge on any atom is 0.191 e. The Labute approximate surface area is 189 Å². The molecule has 28 heavy (non-hydrogen) atoms. The first-order valence-corrected chi connectivity index (χ1v) is 12.3. The van der Waals surface area contributed by atoms with Crippen LogP contribution in [0.4, 0.5) is 0 Å². The summed E-state index contributed by atoms with van der Waals surface area (Å²) >= 11 is 0. The summed E-state index contributed by atoms with van der Waals surface area (Å²) in [5.74, 6) is 2.00. The molecule has 2 heterocycles. The smallest absolute Gasteiger partial charge is 0.191 e. The molecule has 2 aliphatic rings. The zero-order valence-corrected chi connectivity index (χ0v) is 21.0. The fraction of sp³-hybridized carbons (Fsp3) is 0.947. The molecule has 166 valence electrons. The number of hydrogen-bond donors (Lipinski definition) is 2. The van der Waals surface area contributed by atoms with Gasteiger partial charge in [0.2, 0.25) is 0 Å². The number of rotatable bonds is 7. The number of hydrogen-bond acceptors (Lipinski definition) is 5. The van der Waals surface area contributed by atoms with E-state index in [9.17, 15) is 8.42 Å². The molecule has 0 saturated carbocycles. The summed E-state index contributed by atoms with van der Waals surface area (Å²) in [6, 6.07) is 0.522. The number of aliphatic imine (C=N–C) groups is 1. The van der Waals surface area contributed by atoms with Crippen molar-refractivity contribution >= 4 is 39.8 Å². The van der Waals surface area contributed by atoms with E-state index < -0.39 is 9.84 Å². The Morgan fingerprint density at radius 2 is 1.61 bits per heavy atom. The van der Waals surface area contributed by atoms with Crippen molar-refractivity contribution in [3.8, 4) is 0 Å². The first-order chi connectivity index (χ1) is 12.9. The average Bonchev–Trinajstić information content (AvgIpc) is 2.91. The van der Waals surface area contributed by atoms with Gasteiger partial charge < -0.3 is 10.6 Å². The minimum Gasteiger partial charge on any atom is -0.355 e. The summed E-state index contributed by atoms with van der Waals surface area (Å²) in [6.07, 6.45) is 5.33. The molecule has 0 amide bonds. The van der Waals surface area contributed by atoms with Gasteiger partial charge in [-0.05, 0) is 31.8 Å². The molecule has 0 aromatic carbocycles. The molecule has 2 rings (SSSR count). The van der Waals surface area contributed by atoms with Crippen molar-refractivity contribution in [1.82, 2.24) is 20.4 Å². The van der Waals surface area contributed by atoms with Gasteiger partial charge in [0.25, 0.3) is 0 Å². The highest BCUT2D eigenvalue weighted by Gasteiger charge is 2.23. The molecule has 9 heteroatoms. The molecule has 2 aliphatic heterocycles. The van der Waals surface area contributed by atoms with E-state index in [2.05, 4.69) is 39.3 Å². The quantitative estimate of drug-likeness (QED) is 0.295. The van der Waals surface area contributed by atoms with Gasteiger partial charge in [0.1, 0.15) is 0 Å². The summed E-state index contributed by atoms with van der Waals surface area (Å²) in [5.41, 5.74) is 0. The second kappa shape index (κ2) is 13.2. The molecular formula is C19H40IN5O2S. The van der Waals surface area contributed by atoms with E-state index in [0.717, 1.165) is 25.6 Å². The molecule has 2 N–H and O–H groups in total. The molecular weight excluding hydrogens is 489 g/mol. The van der Waals surface area contributed by atoms with Gasteiger partial charge >= 0.3 is 0 Å². The highest BCUT2D eigenvalue weighted by Crippen LogP contribution is 2.17. The summed E-state index contributed by atoms with van der Waals surface area (Å²) in [7, 11) is -1.000. The predicted octanol–water partition coefficient (Wildman–Crippen LogP) is 1.40. The second-order valence-electron chi connectivity index (χ2n) is 8.13. The van der Waals surface area contributed by atoms with E-state index in [4.69, 9.17) is 0 Å². The number of guanidine groups is 1. The second-order valence-corrected chi connectivity index (χ2v) is 10.4. The van der Waals surface area contributed by atoms with Gasteiger partial charge in [-0.2, -0.15) is 0 Å². The summed E-state index contributed by atoms with van der Waals surface area (Å²) in [5, 5.41) is 6.88. The lowest BCUT2D eigenvalue weighted by molar-refractivity contribution is 0.161. The third-order valence-electron chi connectivity index (χ3n) is 5.74. The number of likely N-dealkylation sites (tertiary alicyclic amines) is 1. The van der Waals surface area contributed by atoms with Gasteiger partial charge in [-0.15, -0.1) is 24.0 Å². The zero-order chi connectivity index (χ0) is 19.7. The minimum atomic E-state index is -2.80. The lowest BCUT2D eigenvalue weighted by Crippen LogP contribution is -2.51. The number of nitrogens with one attached hydrogen (secondary N) is 2. The molecule has 0 radical (unpaired) electrons. The number of halogens is 1. The monoisotopic (exact) mass is 529 g/mol. The number of sulfone groups is 1. The van der Waals surface area contributed by atoms with Crippen LogP contribution in [0.3, 0.4) is 0 Å². The Balaban J connectivity index is 0.00000392. The van der Waals surface area contributed by atoms with Crippen LogP contribution in [0.2, 0.25) is 0 Å². The Morgan fingerprint density at radius 3 is 2.14 bits per heavy atom. The summed E-state index contributed by atoms with van der Waals surface area (Å²) < 4.78 is 23.0. The van der Waals surface area contributed by atoms with Gasteiger partial charge in [-0.3, -0.25) is 14.8 Å². The van der Waals surface area contributed by atoms with E-state index in [1.807, 2.05) is 0 Å². The third-order valence-corrected chi connectivity index (χ3v) is 7.35. The topological polar surface area (TPSA) is 77.0 Å². The standard InChI is InChI=1S/C19H39N5O2S.HI/c1-17(2)18(24-9-6-4-5-7-10-24)16-22-19(20-3)21-8-11-23-12-14-27(25,26)15-13-23;/h17-18H,4-16H2,1-3H3,(H2,20,21,22);1H. The molecule has 0 aromatic heterocycles.